The number of fused-ring (bicyclic) bond motifs is 1. The molecule has 0 radical (unpaired) electrons. The highest BCUT2D eigenvalue weighted by Crippen LogP contribution is 2.21. The van der Waals surface area contributed by atoms with Crippen LogP contribution in [0.4, 0.5) is 5.82 Å². The van der Waals surface area contributed by atoms with Crippen molar-refractivity contribution in [2.75, 3.05) is 11.9 Å². The van der Waals surface area contributed by atoms with Crippen LogP contribution in [0.1, 0.15) is 30.6 Å². The summed E-state index contributed by atoms with van der Waals surface area (Å²) >= 11 is 1.42. The summed E-state index contributed by atoms with van der Waals surface area (Å²) in [7, 11) is 0. The molecule has 0 amide bonds. The van der Waals surface area contributed by atoms with E-state index >= 15 is 0 Å². The highest BCUT2D eigenvalue weighted by atomic mass is 32.1. The predicted octanol–water partition coefficient (Wildman–Crippen LogP) is 3.18. The molecule has 0 saturated carbocycles. The number of thiophene rings is 1. The van der Waals surface area contributed by atoms with Crippen molar-refractivity contribution in [1.29, 1.82) is 0 Å². The van der Waals surface area contributed by atoms with Gasteiger partial charge in [-0.25, -0.2) is 9.78 Å². The van der Waals surface area contributed by atoms with Gasteiger partial charge in [0.25, 0.3) is 0 Å². The first-order valence-electron chi connectivity index (χ1n) is 8.83. The lowest BCUT2D eigenvalue weighted by Crippen LogP contribution is -2.08. The van der Waals surface area contributed by atoms with E-state index in [1.165, 1.54) is 17.7 Å². The van der Waals surface area contributed by atoms with Gasteiger partial charge in [-0.2, -0.15) is 0 Å². The number of carbonyl (C=O) groups excluding carboxylic acids is 2. The minimum atomic E-state index is -0.319. The first-order chi connectivity index (χ1) is 13.7. The Bertz CT molecular complexity index is 1020. The Kier molecular flexibility index (Phi) is 5.29. The highest BCUT2D eigenvalue weighted by molar-refractivity contribution is 7.13. The highest BCUT2D eigenvalue weighted by Gasteiger charge is 2.19. The summed E-state index contributed by atoms with van der Waals surface area (Å²) in [5, 5.41) is 3.01. The summed E-state index contributed by atoms with van der Waals surface area (Å²) in [6, 6.07) is 13.3. The lowest BCUT2D eigenvalue weighted by Gasteiger charge is -2.07. The number of anilines is 1. The molecule has 3 heterocycles. The Labute approximate surface area is 165 Å². The number of hydrogen-bond acceptors (Lipinski definition) is 7. The third-order valence-electron chi connectivity index (χ3n) is 4.30. The fraction of sp³-hybridized carbons (Fsp3) is 0.200. The fourth-order valence-corrected chi connectivity index (χ4v) is 3.75. The van der Waals surface area contributed by atoms with Gasteiger partial charge in [0.15, 0.2) is 5.69 Å². The molecule has 142 valence electrons. The second kappa shape index (κ2) is 8.18. The number of Topliss-reactive ketones (excluding diaryl/α,β-unsaturated/α-hetero) is 1. The average molecular weight is 394 g/mol. The molecular weight excluding hydrogens is 376 g/mol. The maximum Gasteiger partial charge on any atom is 0.348 e. The van der Waals surface area contributed by atoms with E-state index in [2.05, 4.69) is 15.3 Å². The van der Waals surface area contributed by atoms with Gasteiger partial charge in [0.2, 0.25) is 5.78 Å². The number of imidazole rings is 1. The largest absolute Gasteiger partial charge is 0.457 e. The number of esters is 1. The molecule has 1 aromatic carbocycles. The molecule has 2 aromatic heterocycles. The third kappa shape index (κ3) is 4.01. The van der Waals surface area contributed by atoms with E-state index in [4.69, 9.17) is 4.74 Å². The van der Waals surface area contributed by atoms with Gasteiger partial charge in [0.05, 0.1) is 12.7 Å². The molecule has 1 aliphatic heterocycles. The molecule has 0 saturated heterocycles. The number of nitrogens with zero attached hydrogens (tertiary/aromatic N) is 3. The van der Waals surface area contributed by atoms with Crippen LogP contribution in [0.3, 0.4) is 0 Å². The summed E-state index contributed by atoms with van der Waals surface area (Å²) in [6.45, 7) is 1.00. The molecule has 0 unspecified atom stereocenters. The summed E-state index contributed by atoms with van der Waals surface area (Å²) in [4.78, 5) is 34.0. The number of aliphatic imine (C=N–C) groups is 1. The van der Waals surface area contributed by atoms with E-state index in [-0.39, 0.29) is 24.9 Å². The monoisotopic (exact) mass is 394 g/mol. The molecule has 0 aliphatic carbocycles. The van der Waals surface area contributed by atoms with Gasteiger partial charge in [-0.3, -0.25) is 9.79 Å². The van der Waals surface area contributed by atoms with Crippen molar-refractivity contribution in [2.45, 2.75) is 19.6 Å². The number of nitrogens with one attached hydrogen (secondary N) is 1. The van der Waals surface area contributed by atoms with Crippen molar-refractivity contribution < 1.29 is 14.3 Å². The summed E-state index contributed by atoms with van der Waals surface area (Å²) in [5.41, 5.74) is 1.37. The van der Waals surface area contributed by atoms with Crippen LogP contribution in [0.25, 0.3) is 0 Å². The summed E-state index contributed by atoms with van der Waals surface area (Å²) < 4.78 is 7.26. The van der Waals surface area contributed by atoms with Gasteiger partial charge >= 0.3 is 5.97 Å². The van der Waals surface area contributed by atoms with E-state index in [0.29, 0.717) is 29.4 Å². The Balaban J connectivity index is 1.36. The minimum Gasteiger partial charge on any atom is -0.457 e. The Morgan fingerprint density at radius 2 is 2.07 bits per heavy atom. The van der Waals surface area contributed by atoms with E-state index in [0.717, 1.165) is 10.4 Å². The second-order valence-corrected chi connectivity index (χ2v) is 7.42. The third-order valence-corrected chi connectivity index (χ3v) is 5.43. The van der Waals surface area contributed by atoms with Crippen LogP contribution in [0.2, 0.25) is 0 Å². The van der Waals surface area contributed by atoms with E-state index < -0.39 is 0 Å². The lowest BCUT2D eigenvalue weighted by atomic mass is 10.2. The number of benzene rings is 1. The van der Waals surface area contributed by atoms with E-state index in [9.17, 15) is 9.59 Å². The standard InChI is InChI=1S/C20H18N4O3S/c25-16-10-21-12-22-19-18(16)23-13-24(19)9-8-15-6-7-17(28-15)20(26)27-11-14-4-2-1-3-5-14/h1-7,12-13H,8-11H2,(H,21,22). The number of carbonyl (C=O) groups is 2. The number of hydrogen-bond donors (Lipinski definition) is 1. The van der Waals surface area contributed by atoms with Crippen LogP contribution >= 0.6 is 11.3 Å². The van der Waals surface area contributed by atoms with E-state index in [1.54, 1.807) is 12.4 Å². The fourth-order valence-electron chi connectivity index (χ4n) is 2.86. The first kappa shape index (κ1) is 18.1. The smallest absolute Gasteiger partial charge is 0.348 e. The zero-order valence-corrected chi connectivity index (χ0v) is 15.8. The topological polar surface area (TPSA) is 85.6 Å². The molecule has 28 heavy (non-hydrogen) atoms. The van der Waals surface area contributed by atoms with Gasteiger partial charge in [0.1, 0.15) is 23.8 Å². The van der Waals surface area contributed by atoms with Crippen molar-refractivity contribution >= 4 is 35.2 Å². The van der Waals surface area contributed by atoms with Gasteiger partial charge in [-0.1, -0.05) is 30.3 Å². The van der Waals surface area contributed by atoms with Crippen LogP contribution in [0, 0.1) is 0 Å². The normalized spacial score (nSPS) is 12.9. The second-order valence-electron chi connectivity index (χ2n) is 6.25. The summed E-state index contributed by atoms with van der Waals surface area (Å²) in [6.07, 6.45) is 3.89. The van der Waals surface area contributed by atoms with E-state index in [1.807, 2.05) is 41.0 Å². The first-order valence-corrected chi connectivity index (χ1v) is 9.65. The molecule has 0 bridgehead atoms. The average Bonchev–Trinajstić information content (AvgIpc) is 3.31. The van der Waals surface area contributed by atoms with Crippen molar-refractivity contribution in [3.8, 4) is 0 Å². The summed E-state index contributed by atoms with van der Waals surface area (Å²) in [5.74, 6) is 0.236. The van der Waals surface area contributed by atoms with Crippen LogP contribution in [0.5, 0.6) is 0 Å². The van der Waals surface area contributed by atoms with Gasteiger partial charge < -0.3 is 14.6 Å². The molecular formula is C20H18N4O3S. The molecule has 1 N–H and O–H groups in total. The molecule has 7 nitrogen and oxygen atoms in total. The van der Waals surface area contributed by atoms with Crippen LogP contribution in [-0.2, 0) is 24.3 Å². The van der Waals surface area contributed by atoms with Gasteiger partial charge in [-0.15, -0.1) is 11.3 Å². The number of ketones is 1. The Morgan fingerprint density at radius 3 is 2.93 bits per heavy atom. The predicted molar refractivity (Wildman–Crippen MR) is 107 cm³/mol. The number of ether oxygens (including phenoxy) is 1. The number of aromatic nitrogens is 2. The van der Waals surface area contributed by atoms with Crippen LogP contribution in [0.15, 0.2) is 53.8 Å². The lowest BCUT2D eigenvalue weighted by molar-refractivity contribution is 0.0478. The molecule has 1 aliphatic rings. The van der Waals surface area contributed by atoms with Crippen molar-refractivity contribution in [3.63, 3.8) is 0 Å². The molecule has 4 rings (SSSR count). The molecule has 0 spiro atoms. The molecule has 8 heteroatoms. The zero-order chi connectivity index (χ0) is 19.3. The maximum absolute atomic E-state index is 12.2. The quantitative estimate of drug-likeness (QED) is 0.649. The van der Waals surface area contributed by atoms with Crippen LogP contribution < -0.4 is 5.32 Å². The maximum atomic E-state index is 12.2. The van der Waals surface area contributed by atoms with Crippen molar-refractivity contribution in [1.82, 2.24) is 9.55 Å². The molecule has 0 fully saturated rings. The molecule has 0 atom stereocenters. The Hall–Kier alpha value is -3.26. The SMILES string of the molecule is O=C(OCc1ccccc1)c1ccc(CCn2cnc3c2NC=NCC3=O)s1. The molecule has 3 aromatic rings. The van der Waals surface area contributed by atoms with Gasteiger partial charge in [-0.05, 0) is 24.1 Å². The number of aryl methyl sites for hydroxylation is 2. The van der Waals surface area contributed by atoms with Crippen molar-refractivity contribution in [3.05, 3.63) is 69.8 Å². The zero-order valence-electron chi connectivity index (χ0n) is 15.0. The Morgan fingerprint density at radius 1 is 1.21 bits per heavy atom. The van der Waals surface area contributed by atoms with Crippen LogP contribution in [-0.4, -0.2) is 34.2 Å². The minimum absolute atomic E-state index is 0.102. The van der Waals surface area contributed by atoms with Crippen molar-refractivity contribution in [2.24, 2.45) is 4.99 Å². The number of rotatable bonds is 6. The van der Waals surface area contributed by atoms with Gasteiger partial charge in [0, 0.05) is 11.4 Å².